The quantitative estimate of drug-likeness (QED) is 0.444. The average molecular weight is 222 g/mol. The number of rotatable bonds is 2. The molecule has 0 aromatic rings. The van der Waals surface area contributed by atoms with Gasteiger partial charge in [0.2, 0.25) is 0 Å². The van der Waals surface area contributed by atoms with Gasteiger partial charge in [0, 0.05) is 0 Å². The van der Waals surface area contributed by atoms with Crippen LogP contribution in [-0.2, 0) is 9.53 Å². The van der Waals surface area contributed by atoms with Crippen molar-refractivity contribution in [2.24, 2.45) is 17.8 Å². The maximum atomic E-state index is 11.5. The van der Waals surface area contributed by atoms with E-state index in [1.54, 1.807) is 0 Å². The van der Waals surface area contributed by atoms with Crippen molar-refractivity contribution in [1.29, 1.82) is 0 Å². The van der Waals surface area contributed by atoms with Gasteiger partial charge in [0.1, 0.15) is 5.60 Å². The molecule has 1 N–H and O–H groups in total. The molecule has 0 aromatic carbocycles. The number of carbonyl (C=O) groups is 1. The first-order chi connectivity index (χ1) is 7.56. The molecule has 4 aliphatic carbocycles. The summed E-state index contributed by atoms with van der Waals surface area (Å²) in [5.74, 6) is 1.14. The molecule has 0 radical (unpaired) electrons. The number of hydrogen-bond donors (Lipinski definition) is 1. The lowest BCUT2D eigenvalue weighted by atomic mass is 9.54. The van der Waals surface area contributed by atoms with Crippen molar-refractivity contribution in [1.82, 2.24) is 0 Å². The predicted octanol–water partition coefficient (Wildman–Crippen LogP) is 2.57. The third-order valence-corrected chi connectivity index (χ3v) is 4.53. The second-order valence-corrected chi connectivity index (χ2v) is 5.94. The van der Waals surface area contributed by atoms with E-state index in [1.807, 2.05) is 0 Å². The van der Waals surface area contributed by atoms with Crippen LogP contribution < -0.4 is 0 Å². The highest BCUT2D eigenvalue weighted by atomic mass is 16.6. The summed E-state index contributed by atoms with van der Waals surface area (Å²) in [5.41, 5.74) is -0.266. The fraction of sp³-hybridized carbons (Fsp3) is 0.769. The molecule has 3 nitrogen and oxygen atoms in total. The number of aliphatic hydroxyl groups is 1. The number of aliphatic hydroxyl groups excluding tert-OH is 1. The summed E-state index contributed by atoms with van der Waals surface area (Å²) in [6.45, 7) is 3.23. The molecule has 4 saturated carbocycles. The Labute approximate surface area is 95.5 Å². The summed E-state index contributed by atoms with van der Waals surface area (Å²) in [4.78, 5) is 11.5. The van der Waals surface area contributed by atoms with E-state index in [-0.39, 0.29) is 5.60 Å². The summed E-state index contributed by atoms with van der Waals surface area (Å²) in [6, 6.07) is 0. The molecule has 16 heavy (non-hydrogen) atoms. The van der Waals surface area contributed by atoms with Crippen molar-refractivity contribution < 1.29 is 14.6 Å². The van der Waals surface area contributed by atoms with Crippen LogP contribution in [0.4, 0.5) is 0 Å². The van der Waals surface area contributed by atoms with Crippen molar-refractivity contribution >= 4 is 5.97 Å². The van der Waals surface area contributed by atoms with Gasteiger partial charge in [0.15, 0.2) is 5.76 Å². The van der Waals surface area contributed by atoms with E-state index in [1.165, 1.54) is 19.3 Å². The zero-order chi connectivity index (χ0) is 11.3. The van der Waals surface area contributed by atoms with E-state index in [9.17, 15) is 4.79 Å². The maximum Gasteiger partial charge on any atom is 0.373 e. The molecule has 0 heterocycles. The Kier molecular flexibility index (Phi) is 2.07. The van der Waals surface area contributed by atoms with Crippen LogP contribution in [0, 0.1) is 17.8 Å². The lowest BCUT2D eigenvalue weighted by Gasteiger charge is -2.55. The van der Waals surface area contributed by atoms with Gasteiger partial charge in [0.05, 0.1) is 0 Å². The third-order valence-electron chi connectivity index (χ3n) is 4.53. The van der Waals surface area contributed by atoms with Crippen molar-refractivity contribution in [3.63, 3.8) is 0 Å². The Morgan fingerprint density at radius 2 is 1.56 bits per heavy atom. The summed E-state index contributed by atoms with van der Waals surface area (Å²) in [5, 5.41) is 9.05. The van der Waals surface area contributed by atoms with Crippen molar-refractivity contribution in [2.75, 3.05) is 0 Å². The molecule has 0 amide bonds. The Balaban J connectivity index is 1.78. The number of esters is 1. The van der Waals surface area contributed by atoms with Crippen LogP contribution in [0.2, 0.25) is 0 Å². The van der Waals surface area contributed by atoms with Gasteiger partial charge in [-0.1, -0.05) is 0 Å². The predicted molar refractivity (Wildman–Crippen MR) is 58.8 cm³/mol. The van der Waals surface area contributed by atoms with Gasteiger partial charge >= 0.3 is 5.97 Å². The molecular formula is C13H18O3. The van der Waals surface area contributed by atoms with Crippen LogP contribution in [0.5, 0.6) is 0 Å². The summed E-state index contributed by atoms with van der Waals surface area (Å²) in [6.07, 6.45) is 6.94. The van der Waals surface area contributed by atoms with Gasteiger partial charge in [-0.05, 0) is 62.9 Å². The van der Waals surface area contributed by atoms with Crippen LogP contribution in [0.15, 0.2) is 12.3 Å². The first-order valence-electron chi connectivity index (χ1n) is 6.17. The van der Waals surface area contributed by atoms with Crippen LogP contribution in [0.3, 0.4) is 0 Å². The van der Waals surface area contributed by atoms with Gasteiger partial charge in [-0.3, -0.25) is 0 Å². The Morgan fingerprint density at radius 3 is 1.94 bits per heavy atom. The molecule has 88 valence electrons. The van der Waals surface area contributed by atoms with Gasteiger partial charge < -0.3 is 9.84 Å². The Hall–Kier alpha value is -0.990. The fourth-order valence-electron chi connectivity index (χ4n) is 4.41. The molecule has 3 heteroatoms. The van der Waals surface area contributed by atoms with Crippen molar-refractivity contribution in [3.8, 4) is 0 Å². The van der Waals surface area contributed by atoms with Crippen LogP contribution in [0.25, 0.3) is 0 Å². The Morgan fingerprint density at radius 1 is 1.12 bits per heavy atom. The van der Waals surface area contributed by atoms with E-state index in [4.69, 9.17) is 9.84 Å². The summed E-state index contributed by atoms with van der Waals surface area (Å²) in [7, 11) is 0. The van der Waals surface area contributed by atoms with E-state index < -0.39 is 11.7 Å². The van der Waals surface area contributed by atoms with E-state index in [0.29, 0.717) is 0 Å². The highest BCUT2D eigenvalue weighted by molar-refractivity contribution is 5.85. The average Bonchev–Trinajstić information content (AvgIpc) is 2.13. The molecule has 0 atom stereocenters. The zero-order valence-corrected chi connectivity index (χ0v) is 9.45. The minimum Gasteiger partial charge on any atom is -0.502 e. The van der Waals surface area contributed by atoms with Crippen LogP contribution in [-0.4, -0.2) is 16.7 Å². The maximum absolute atomic E-state index is 11.5. The zero-order valence-electron chi connectivity index (χ0n) is 9.45. The molecule has 0 saturated heterocycles. The number of carbonyl (C=O) groups excluding carboxylic acids is 1. The smallest absolute Gasteiger partial charge is 0.373 e. The molecule has 0 spiro atoms. The first-order valence-corrected chi connectivity index (χ1v) is 6.17. The topological polar surface area (TPSA) is 46.5 Å². The Bertz CT molecular complexity index is 310. The summed E-state index contributed by atoms with van der Waals surface area (Å²) >= 11 is 0. The van der Waals surface area contributed by atoms with Crippen LogP contribution in [0.1, 0.15) is 38.5 Å². The van der Waals surface area contributed by atoms with Crippen molar-refractivity contribution in [3.05, 3.63) is 12.3 Å². The molecule has 4 aliphatic rings. The minimum atomic E-state index is -0.623. The molecule has 0 aromatic heterocycles. The molecule has 4 bridgehead atoms. The monoisotopic (exact) mass is 222 g/mol. The first kappa shape index (κ1) is 10.2. The van der Waals surface area contributed by atoms with Gasteiger partial charge in [-0.25, -0.2) is 4.79 Å². The lowest BCUT2D eigenvalue weighted by molar-refractivity contribution is -0.184. The van der Waals surface area contributed by atoms with E-state index in [2.05, 4.69) is 6.58 Å². The normalized spacial score (nSPS) is 44.4. The van der Waals surface area contributed by atoms with Crippen molar-refractivity contribution in [2.45, 2.75) is 44.1 Å². The second-order valence-electron chi connectivity index (χ2n) is 5.94. The highest BCUT2D eigenvalue weighted by Crippen LogP contribution is 2.57. The number of ether oxygens (including phenoxy) is 1. The molecule has 4 rings (SSSR count). The summed E-state index contributed by atoms with van der Waals surface area (Å²) < 4.78 is 5.52. The van der Waals surface area contributed by atoms with Gasteiger partial charge in [0.25, 0.3) is 0 Å². The van der Waals surface area contributed by atoms with E-state index in [0.717, 1.165) is 37.0 Å². The largest absolute Gasteiger partial charge is 0.502 e. The lowest BCUT2D eigenvalue weighted by Crippen LogP contribution is -2.52. The molecule has 0 unspecified atom stereocenters. The third kappa shape index (κ3) is 1.53. The molecular weight excluding hydrogens is 204 g/mol. The van der Waals surface area contributed by atoms with Gasteiger partial charge in [-0.15, -0.1) is 0 Å². The molecule has 4 fully saturated rings. The molecule has 0 aliphatic heterocycles. The number of hydrogen-bond acceptors (Lipinski definition) is 3. The van der Waals surface area contributed by atoms with Gasteiger partial charge in [-0.2, -0.15) is 0 Å². The second kappa shape index (κ2) is 3.25. The minimum absolute atomic E-state index is 0.266. The SMILES string of the molecule is C=C(O)C(=O)OC12CC3CC(CC(C3)C1)C2. The van der Waals surface area contributed by atoms with E-state index >= 15 is 0 Å². The standard InChI is InChI=1S/C13H18O3/c1-8(14)12(15)16-13-5-9-2-10(6-13)4-11(3-9)7-13/h9-11,14H,1-7H2. The fourth-order valence-corrected chi connectivity index (χ4v) is 4.41. The highest BCUT2D eigenvalue weighted by Gasteiger charge is 2.53. The van der Waals surface area contributed by atoms with Crippen LogP contribution >= 0.6 is 0 Å².